The first-order chi connectivity index (χ1) is 6.63. The summed E-state index contributed by atoms with van der Waals surface area (Å²) in [6.07, 6.45) is 4.48. The van der Waals surface area contributed by atoms with Gasteiger partial charge in [0.1, 0.15) is 6.10 Å². The molecule has 1 atom stereocenters. The lowest BCUT2D eigenvalue weighted by Gasteiger charge is -2.10. The second kappa shape index (κ2) is 4.43. The van der Waals surface area contributed by atoms with Gasteiger partial charge in [0.05, 0.1) is 5.69 Å². The van der Waals surface area contributed by atoms with Crippen LogP contribution in [0.25, 0.3) is 0 Å². The average molecular weight is 189 g/mol. The van der Waals surface area contributed by atoms with Crippen LogP contribution in [0.2, 0.25) is 0 Å². The highest BCUT2D eigenvalue weighted by molar-refractivity contribution is 5.87. The number of aromatic nitrogens is 1. The summed E-state index contributed by atoms with van der Waals surface area (Å²) >= 11 is 0. The summed E-state index contributed by atoms with van der Waals surface area (Å²) in [4.78, 5) is 15.0. The molecule has 0 fully saturated rings. The number of rotatable bonds is 2. The molecule has 1 rings (SSSR count). The minimum atomic E-state index is -0.666. The zero-order chi connectivity index (χ0) is 10.6. The van der Waals surface area contributed by atoms with Gasteiger partial charge in [-0.3, -0.25) is 4.98 Å². The van der Waals surface area contributed by atoms with Crippen molar-refractivity contribution in [2.45, 2.75) is 20.0 Å². The maximum absolute atomic E-state index is 10.8. The lowest BCUT2D eigenvalue weighted by Crippen LogP contribution is -2.08. The van der Waals surface area contributed by atoms with E-state index < -0.39 is 12.1 Å². The summed E-state index contributed by atoms with van der Waals surface area (Å²) in [6.45, 7) is 3.61. The van der Waals surface area contributed by atoms with E-state index in [1.807, 2.05) is 25.0 Å². The van der Waals surface area contributed by atoms with Gasteiger partial charge in [0.25, 0.3) is 0 Å². The number of terminal acetylenes is 1. The molecule has 0 saturated carbocycles. The Kier molecular flexibility index (Phi) is 3.24. The van der Waals surface area contributed by atoms with E-state index in [9.17, 15) is 4.79 Å². The van der Waals surface area contributed by atoms with E-state index >= 15 is 0 Å². The third-order valence-corrected chi connectivity index (χ3v) is 1.73. The largest absolute Gasteiger partial charge is 0.447 e. The van der Waals surface area contributed by atoms with Crippen LogP contribution >= 0.6 is 0 Å². The molecule has 0 aliphatic rings. The SMILES string of the molecule is C#CC(=O)OC(C)c1cccc(C)n1. The van der Waals surface area contributed by atoms with E-state index in [2.05, 4.69) is 4.98 Å². The molecule has 0 spiro atoms. The molecule has 72 valence electrons. The number of nitrogens with zero attached hydrogens (tertiary/aromatic N) is 1. The van der Waals surface area contributed by atoms with Gasteiger partial charge in [-0.15, -0.1) is 6.42 Å². The Labute approximate surface area is 83.1 Å². The third-order valence-electron chi connectivity index (χ3n) is 1.73. The Hall–Kier alpha value is -1.82. The van der Waals surface area contributed by atoms with Crippen LogP contribution in [0.5, 0.6) is 0 Å². The maximum atomic E-state index is 10.8. The monoisotopic (exact) mass is 189 g/mol. The van der Waals surface area contributed by atoms with Crippen molar-refractivity contribution < 1.29 is 9.53 Å². The highest BCUT2D eigenvalue weighted by Crippen LogP contribution is 2.14. The number of pyridine rings is 1. The minimum Gasteiger partial charge on any atom is -0.447 e. The Morgan fingerprint density at radius 3 is 2.93 bits per heavy atom. The molecule has 0 aromatic carbocycles. The summed E-state index contributed by atoms with van der Waals surface area (Å²) < 4.78 is 4.90. The van der Waals surface area contributed by atoms with Gasteiger partial charge in [0.15, 0.2) is 0 Å². The normalized spacial score (nSPS) is 11.5. The first-order valence-electron chi connectivity index (χ1n) is 4.24. The summed E-state index contributed by atoms with van der Waals surface area (Å²) in [6, 6.07) is 5.53. The molecule has 0 bridgehead atoms. The smallest absolute Gasteiger partial charge is 0.384 e. The quantitative estimate of drug-likeness (QED) is 0.403. The van der Waals surface area contributed by atoms with Gasteiger partial charge in [-0.1, -0.05) is 6.07 Å². The summed E-state index contributed by atoms with van der Waals surface area (Å²) in [5.41, 5.74) is 1.58. The molecule has 14 heavy (non-hydrogen) atoms. The van der Waals surface area contributed by atoms with E-state index in [1.54, 1.807) is 13.0 Å². The van der Waals surface area contributed by atoms with E-state index in [4.69, 9.17) is 11.2 Å². The van der Waals surface area contributed by atoms with Gasteiger partial charge >= 0.3 is 5.97 Å². The maximum Gasteiger partial charge on any atom is 0.384 e. The number of ether oxygens (including phenoxy) is 1. The van der Waals surface area contributed by atoms with Crippen molar-refractivity contribution in [2.24, 2.45) is 0 Å². The van der Waals surface area contributed by atoms with Crippen LogP contribution in [0, 0.1) is 19.3 Å². The molecule has 0 saturated heterocycles. The lowest BCUT2D eigenvalue weighted by molar-refractivity contribution is -0.141. The van der Waals surface area contributed by atoms with Crippen molar-refractivity contribution in [1.82, 2.24) is 4.98 Å². The molecule has 0 N–H and O–H groups in total. The fourth-order valence-electron chi connectivity index (χ4n) is 1.05. The van der Waals surface area contributed by atoms with Crippen molar-refractivity contribution >= 4 is 5.97 Å². The Morgan fingerprint density at radius 2 is 2.36 bits per heavy atom. The van der Waals surface area contributed by atoms with Crippen LogP contribution in [-0.2, 0) is 9.53 Å². The molecule has 1 aromatic rings. The highest BCUT2D eigenvalue weighted by Gasteiger charge is 2.10. The van der Waals surface area contributed by atoms with E-state index in [-0.39, 0.29) is 0 Å². The number of hydrogen-bond acceptors (Lipinski definition) is 3. The molecule has 0 aliphatic heterocycles. The molecule has 0 aliphatic carbocycles. The Bertz CT molecular complexity index is 379. The van der Waals surface area contributed by atoms with Gasteiger partial charge in [-0.2, -0.15) is 0 Å². The second-order valence-electron chi connectivity index (χ2n) is 2.90. The topological polar surface area (TPSA) is 39.2 Å². The van der Waals surface area contributed by atoms with Crippen molar-refractivity contribution in [1.29, 1.82) is 0 Å². The summed E-state index contributed by atoms with van der Waals surface area (Å²) in [5.74, 6) is 1.23. The van der Waals surface area contributed by atoms with Crippen LogP contribution in [-0.4, -0.2) is 11.0 Å². The van der Waals surface area contributed by atoms with Crippen molar-refractivity contribution in [3.63, 3.8) is 0 Å². The van der Waals surface area contributed by atoms with E-state index in [0.717, 1.165) is 5.69 Å². The summed E-state index contributed by atoms with van der Waals surface area (Å²) in [7, 11) is 0. The minimum absolute atomic E-state index is 0.404. The highest BCUT2D eigenvalue weighted by atomic mass is 16.5. The molecule has 1 heterocycles. The molecule has 0 amide bonds. The van der Waals surface area contributed by atoms with Crippen LogP contribution < -0.4 is 0 Å². The van der Waals surface area contributed by atoms with Crippen molar-refractivity contribution in [2.75, 3.05) is 0 Å². The lowest BCUT2D eigenvalue weighted by atomic mass is 10.2. The first-order valence-corrected chi connectivity index (χ1v) is 4.24. The van der Waals surface area contributed by atoms with E-state index in [0.29, 0.717) is 5.69 Å². The fourth-order valence-corrected chi connectivity index (χ4v) is 1.05. The van der Waals surface area contributed by atoms with Gasteiger partial charge in [0.2, 0.25) is 0 Å². The number of esters is 1. The zero-order valence-electron chi connectivity index (χ0n) is 8.15. The number of carbonyl (C=O) groups is 1. The molecule has 3 nitrogen and oxygen atoms in total. The number of carbonyl (C=O) groups excluding carboxylic acids is 1. The number of hydrogen-bond donors (Lipinski definition) is 0. The molecule has 1 unspecified atom stereocenters. The predicted octanol–water partition coefficient (Wildman–Crippen LogP) is 1.63. The average Bonchev–Trinajstić information content (AvgIpc) is 2.17. The molecule has 0 radical (unpaired) electrons. The summed E-state index contributed by atoms with van der Waals surface area (Å²) in [5, 5.41) is 0. The van der Waals surface area contributed by atoms with Crippen LogP contribution in [0.1, 0.15) is 24.4 Å². The molecule has 3 heteroatoms. The Balaban J connectivity index is 2.75. The Morgan fingerprint density at radius 1 is 1.64 bits per heavy atom. The van der Waals surface area contributed by atoms with Crippen LogP contribution in [0.4, 0.5) is 0 Å². The molecule has 1 aromatic heterocycles. The standard InChI is InChI=1S/C11H11NO2/c1-4-11(13)14-9(3)10-7-5-6-8(2)12-10/h1,5-7,9H,2-3H3. The number of aryl methyl sites for hydroxylation is 1. The first kappa shape index (κ1) is 10.3. The van der Waals surface area contributed by atoms with Crippen LogP contribution in [0.3, 0.4) is 0 Å². The van der Waals surface area contributed by atoms with Gasteiger partial charge in [-0.25, -0.2) is 4.79 Å². The predicted molar refractivity (Wildman–Crippen MR) is 52.3 cm³/mol. The molecular weight excluding hydrogens is 178 g/mol. The van der Waals surface area contributed by atoms with Crippen LogP contribution in [0.15, 0.2) is 18.2 Å². The van der Waals surface area contributed by atoms with Crippen molar-refractivity contribution in [3.8, 4) is 12.3 Å². The van der Waals surface area contributed by atoms with Crippen molar-refractivity contribution in [3.05, 3.63) is 29.6 Å². The van der Waals surface area contributed by atoms with E-state index in [1.165, 1.54) is 0 Å². The zero-order valence-corrected chi connectivity index (χ0v) is 8.15. The van der Waals surface area contributed by atoms with Gasteiger partial charge in [-0.05, 0) is 26.0 Å². The van der Waals surface area contributed by atoms with Gasteiger partial charge < -0.3 is 4.74 Å². The molecular formula is C11H11NO2. The van der Waals surface area contributed by atoms with Gasteiger partial charge in [0, 0.05) is 11.6 Å². The third kappa shape index (κ3) is 2.60. The fraction of sp³-hybridized carbons (Fsp3) is 0.273. The second-order valence-corrected chi connectivity index (χ2v) is 2.90.